The SMILES string of the molecule is Nc1onc(-c2ccccc2[N+](=O)[O-])c1-c1ccncc1. The molecule has 2 aromatic heterocycles. The lowest BCUT2D eigenvalue weighted by molar-refractivity contribution is -0.384. The topological polar surface area (TPSA) is 108 Å². The van der Waals surface area contributed by atoms with Crippen LogP contribution in [0, 0.1) is 10.1 Å². The summed E-state index contributed by atoms with van der Waals surface area (Å²) >= 11 is 0. The lowest BCUT2D eigenvalue weighted by atomic mass is 10.0. The molecular formula is C14H10N4O3. The molecule has 0 aliphatic heterocycles. The van der Waals surface area contributed by atoms with E-state index >= 15 is 0 Å². The number of nitro benzene ring substituents is 1. The quantitative estimate of drug-likeness (QED) is 0.584. The van der Waals surface area contributed by atoms with Gasteiger partial charge in [-0.05, 0) is 23.8 Å². The van der Waals surface area contributed by atoms with Crippen LogP contribution < -0.4 is 5.73 Å². The van der Waals surface area contributed by atoms with Crippen molar-refractivity contribution in [3.63, 3.8) is 0 Å². The third-order valence-corrected chi connectivity index (χ3v) is 3.04. The molecule has 0 saturated carbocycles. The molecule has 0 fully saturated rings. The highest BCUT2D eigenvalue weighted by Gasteiger charge is 2.23. The second-order valence-electron chi connectivity index (χ2n) is 4.28. The van der Waals surface area contributed by atoms with Gasteiger partial charge in [0.2, 0.25) is 5.88 Å². The highest BCUT2D eigenvalue weighted by molar-refractivity contribution is 5.89. The Labute approximate surface area is 119 Å². The van der Waals surface area contributed by atoms with Gasteiger partial charge in [-0.2, -0.15) is 0 Å². The van der Waals surface area contributed by atoms with Crippen molar-refractivity contribution in [2.75, 3.05) is 5.73 Å². The van der Waals surface area contributed by atoms with Crippen LogP contribution in [0.3, 0.4) is 0 Å². The van der Waals surface area contributed by atoms with Gasteiger partial charge in [-0.25, -0.2) is 0 Å². The maximum Gasteiger partial charge on any atom is 0.278 e. The number of hydrogen-bond donors (Lipinski definition) is 1. The first-order valence-electron chi connectivity index (χ1n) is 6.08. The number of nitrogens with zero attached hydrogens (tertiary/aromatic N) is 3. The second kappa shape index (κ2) is 5.04. The van der Waals surface area contributed by atoms with Crippen molar-refractivity contribution in [1.82, 2.24) is 10.1 Å². The summed E-state index contributed by atoms with van der Waals surface area (Å²) in [6.07, 6.45) is 3.20. The minimum Gasteiger partial charge on any atom is -0.367 e. The smallest absolute Gasteiger partial charge is 0.278 e. The molecule has 3 rings (SSSR count). The van der Waals surface area contributed by atoms with Crippen LogP contribution in [0.4, 0.5) is 11.6 Å². The number of nitrogen functional groups attached to an aromatic ring is 1. The summed E-state index contributed by atoms with van der Waals surface area (Å²) in [5.41, 5.74) is 7.71. The number of pyridine rings is 1. The zero-order valence-corrected chi connectivity index (χ0v) is 10.8. The summed E-state index contributed by atoms with van der Waals surface area (Å²) in [7, 11) is 0. The van der Waals surface area contributed by atoms with Gasteiger partial charge in [0, 0.05) is 18.5 Å². The van der Waals surface area contributed by atoms with Crippen molar-refractivity contribution < 1.29 is 9.45 Å². The predicted molar refractivity (Wildman–Crippen MR) is 76.2 cm³/mol. The fraction of sp³-hybridized carbons (Fsp3) is 0. The first-order chi connectivity index (χ1) is 10.2. The Hall–Kier alpha value is -3.22. The number of rotatable bonds is 3. The molecule has 2 heterocycles. The van der Waals surface area contributed by atoms with Gasteiger partial charge in [0.1, 0.15) is 5.69 Å². The molecule has 1 aromatic carbocycles. The molecule has 0 amide bonds. The number of anilines is 1. The number of benzene rings is 1. The summed E-state index contributed by atoms with van der Waals surface area (Å²) in [6.45, 7) is 0. The molecule has 7 nitrogen and oxygen atoms in total. The zero-order valence-electron chi connectivity index (χ0n) is 10.8. The van der Waals surface area contributed by atoms with Crippen LogP contribution >= 0.6 is 0 Å². The predicted octanol–water partition coefficient (Wildman–Crippen LogP) is 2.89. The maximum atomic E-state index is 11.2. The normalized spacial score (nSPS) is 10.5. The van der Waals surface area contributed by atoms with Crippen LogP contribution in [0.25, 0.3) is 22.4 Å². The van der Waals surface area contributed by atoms with Gasteiger partial charge in [-0.1, -0.05) is 17.3 Å². The third kappa shape index (κ3) is 2.20. The lowest BCUT2D eigenvalue weighted by Crippen LogP contribution is -1.93. The molecule has 0 spiro atoms. The highest BCUT2D eigenvalue weighted by Crippen LogP contribution is 2.39. The van der Waals surface area contributed by atoms with Crippen LogP contribution in [0.5, 0.6) is 0 Å². The van der Waals surface area contributed by atoms with E-state index in [-0.39, 0.29) is 11.6 Å². The van der Waals surface area contributed by atoms with Gasteiger partial charge < -0.3 is 10.3 Å². The van der Waals surface area contributed by atoms with Crippen molar-refractivity contribution in [2.24, 2.45) is 0 Å². The van der Waals surface area contributed by atoms with E-state index in [9.17, 15) is 10.1 Å². The molecule has 21 heavy (non-hydrogen) atoms. The van der Waals surface area contributed by atoms with E-state index in [0.717, 1.165) is 5.56 Å². The van der Waals surface area contributed by atoms with Crippen LogP contribution in [-0.2, 0) is 0 Å². The van der Waals surface area contributed by atoms with E-state index in [4.69, 9.17) is 10.3 Å². The molecule has 2 N–H and O–H groups in total. The van der Waals surface area contributed by atoms with Crippen molar-refractivity contribution in [3.8, 4) is 22.4 Å². The molecular weight excluding hydrogens is 272 g/mol. The maximum absolute atomic E-state index is 11.2. The number of hydrogen-bond acceptors (Lipinski definition) is 6. The summed E-state index contributed by atoms with van der Waals surface area (Å²) in [4.78, 5) is 14.6. The average Bonchev–Trinajstić information content (AvgIpc) is 2.89. The van der Waals surface area contributed by atoms with E-state index in [1.165, 1.54) is 6.07 Å². The van der Waals surface area contributed by atoms with E-state index < -0.39 is 4.92 Å². The lowest BCUT2D eigenvalue weighted by Gasteiger charge is -2.03. The Kier molecular flexibility index (Phi) is 3.07. The van der Waals surface area contributed by atoms with Crippen molar-refractivity contribution >= 4 is 11.6 Å². The molecule has 0 aliphatic carbocycles. The summed E-state index contributed by atoms with van der Waals surface area (Å²) in [5, 5.41) is 15.0. The average molecular weight is 282 g/mol. The second-order valence-corrected chi connectivity index (χ2v) is 4.28. The van der Waals surface area contributed by atoms with Gasteiger partial charge in [0.05, 0.1) is 16.1 Å². The molecule has 0 bridgehead atoms. The Morgan fingerprint density at radius 2 is 1.86 bits per heavy atom. The van der Waals surface area contributed by atoms with Gasteiger partial charge in [0.15, 0.2) is 0 Å². The summed E-state index contributed by atoms with van der Waals surface area (Å²) in [6, 6.07) is 9.79. The molecule has 0 unspecified atom stereocenters. The number of nitro groups is 1. The van der Waals surface area contributed by atoms with Crippen LogP contribution in [0.15, 0.2) is 53.3 Å². The van der Waals surface area contributed by atoms with E-state index in [2.05, 4.69) is 10.1 Å². The van der Waals surface area contributed by atoms with Crippen LogP contribution in [0.2, 0.25) is 0 Å². The Balaban J connectivity index is 2.25. The van der Waals surface area contributed by atoms with Gasteiger partial charge in [0.25, 0.3) is 5.69 Å². The summed E-state index contributed by atoms with van der Waals surface area (Å²) in [5.74, 6) is 0.106. The fourth-order valence-corrected chi connectivity index (χ4v) is 2.12. The molecule has 0 saturated heterocycles. The van der Waals surface area contributed by atoms with Crippen molar-refractivity contribution in [2.45, 2.75) is 0 Å². The van der Waals surface area contributed by atoms with Gasteiger partial charge in [-0.15, -0.1) is 0 Å². The van der Waals surface area contributed by atoms with Crippen molar-refractivity contribution in [3.05, 3.63) is 58.9 Å². The van der Waals surface area contributed by atoms with Crippen molar-refractivity contribution in [1.29, 1.82) is 0 Å². The van der Waals surface area contributed by atoms with Crippen LogP contribution in [0.1, 0.15) is 0 Å². The monoisotopic (exact) mass is 282 g/mol. The number of nitrogens with two attached hydrogens (primary N) is 1. The highest BCUT2D eigenvalue weighted by atomic mass is 16.6. The van der Waals surface area contributed by atoms with Gasteiger partial charge >= 0.3 is 0 Å². The molecule has 0 aliphatic rings. The van der Waals surface area contributed by atoms with E-state index in [1.54, 1.807) is 42.7 Å². The van der Waals surface area contributed by atoms with Crippen LogP contribution in [-0.4, -0.2) is 15.1 Å². The standard InChI is InChI=1S/C14H10N4O3/c15-14-12(9-5-7-16-8-6-9)13(17-21-14)10-3-1-2-4-11(10)18(19)20/h1-8H,15H2. The Bertz CT molecular complexity index is 799. The van der Waals surface area contributed by atoms with E-state index in [0.29, 0.717) is 16.8 Å². The minimum absolute atomic E-state index is 0.0545. The first-order valence-corrected chi connectivity index (χ1v) is 6.08. The van der Waals surface area contributed by atoms with Gasteiger partial charge in [-0.3, -0.25) is 15.1 Å². The summed E-state index contributed by atoms with van der Waals surface area (Å²) < 4.78 is 5.02. The molecule has 0 atom stereocenters. The molecule has 104 valence electrons. The molecule has 7 heteroatoms. The molecule has 0 radical (unpaired) electrons. The fourth-order valence-electron chi connectivity index (χ4n) is 2.12. The zero-order chi connectivity index (χ0) is 14.8. The Morgan fingerprint density at radius 1 is 1.14 bits per heavy atom. The Morgan fingerprint density at radius 3 is 2.57 bits per heavy atom. The molecule has 3 aromatic rings. The number of para-hydroxylation sites is 1. The minimum atomic E-state index is -0.462. The first kappa shape index (κ1) is 12.8. The third-order valence-electron chi connectivity index (χ3n) is 3.04. The van der Waals surface area contributed by atoms with E-state index in [1.807, 2.05) is 0 Å². The largest absolute Gasteiger partial charge is 0.367 e. The number of aromatic nitrogens is 2.